The highest BCUT2D eigenvalue weighted by molar-refractivity contribution is 5.66. The second-order valence-electron chi connectivity index (χ2n) is 8.51. The fraction of sp³-hybridized carbons (Fsp3) is 0.458. The maximum Gasteiger partial charge on any atom is 0.227 e. The summed E-state index contributed by atoms with van der Waals surface area (Å²) in [6, 6.07) is 9.91. The van der Waals surface area contributed by atoms with Gasteiger partial charge in [0.2, 0.25) is 5.95 Å². The van der Waals surface area contributed by atoms with Crippen molar-refractivity contribution in [2.75, 3.05) is 31.5 Å². The van der Waals surface area contributed by atoms with Crippen molar-refractivity contribution in [1.82, 2.24) is 25.8 Å². The van der Waals surface area contributed by atoms with Gasteiger partial charge in [-0.15, -0.1) is 0 Å². The molecule has 0 amide bonds. The molecule has 2 saturated heterocycles. The summed E-state index contributed by atoms with van der Waals surface area (Å²) in [6.07, 6.45) is 6.20. The molecule has 2 fully saturated rings. The molecule has 0 aliphatic carbocycles. The van der Waals surface area contributed by atoms with Crippen molar-refractivity contribution >= 4 is 11.6 Å². The molecule has 2 aliphatic rings. The number of rotatable bonds is 6. The first kappa shape index (κ1) is 20.9. The Morgan fingerprint density at radius 1 is 1.03 bits per heavy atom. The van der Waals surface area contributed by atoms with Crippen molar-refractivity contribution in [2.24, 2.45) is 0 Å². The van der Waals surface area contributed by atoms with Crippen LogP contribution in [0.1, 0.15) is 43.1 Å². The zero-order valence-corrected chi connectivity index (χ0v) is 18.4. The molecule has 168 valence electrons. The van der Waals surface area contributed by atoms with E-state index in [1.165, 1.54) is 0 Å². The van der Waals surface area contributed by atoms with Gasteiger partial charge in [-0.2, -0.15) is 0 Å². The van der Waals surface area contributed by atoms with Gasteiger partial charge in [0.15, 0.2) is 0 Å². The Hall–Kier alpha value is -2.97. The Kier molecular flexibility index (Phi) is 6.31. The third-order valence-electron chi connectivity index (χ3n) is 6.21. The zero-order valence-electron chi connectivity index (χ0n) is 18.4. The molecule has 0 spiro atoms. The van der Waals surface area contributed by atoms with Crippen LogP contribution in [0.25, 0.3) is 11.3 Å². The van der Waals surface area contributed by atoms with Crippen molar-refractivity contribution in [3.05, 3.63) is 48.0 Å². The van der Waals surface area contributed by atoms with Crippen LogP contribution in [-0.4, -0.2) is 47.4 Å². The van der Waals surface area contributed by atoms with Crippen LogP contribution >= 0.6 is 0 Å². The van der Waals surface area contributed by atoms with Crippen molar-refractivity contribution < 1.29 is 9.26 Å². The van der Waals surface area contributed by atoms with Crippen LogP contribution in [0.3, 0.4) is 0 Å². The summed E-state index contributed by atoms with van der Waals surface area (Å²) >= 11 is 0. The molecule has 3 N–H and O–H groups in total. The molecular formula is C24H30N6O2. The molecule has 5 rings (SSSR count). The number of ether oxygens (including phenoxy) is 1. The summed E-state index contributed by atoms with van der Waals surface area (Å²) in [5, 5.41) is 14.5. The van der Waals surface area contributed by atoms with Crippen LogP contribution in [0.15, 0.2) is 41.1 Å². The minimum absolute atomic E-state index is 0.260. The van der Waals surface area contributed by atoms with Crippen molar-refractivity contribution in [1.29, 1.82) is 0 Å². The maximum atomic E-state index is 6.17. The van der Waals surface area contributed by atoms with Crippen LogP contribution in [0, 0.1) is 6.92 Å². The molecule has 0 radical (unpaired) electrons. The van der Waals surface area contributed by atoms with Gasteiger partial charge >= 0.3 is 0 Å². The van der Waals surface area contributed by atoms with Gasteiger partial charge < -0.3 is 25.2 Å². The molecule has 8 heteroatoms. The van der Waals surface area contributed by atoms with E-state index in [1.807, 2.05) is 37.3 Å². The Bertz CT molecular complexity index is 1040. The number of benzene rings is 1. The summed E-state index contributed by atoms with van der Waals surface area (Å²) in [4.78, 5) is 9.21. The first-order valence-electron chi connectivity index (χ1n) is 11.5. The average molecular weight is 435 g/mol. The molecular weight excluding hydrogens is 404 g/mol. The van der Waals surface area contributed by atoms with Gasteiger partial charge in [-0.05, 0) is 77.0 Å². The number of piperidine rings is 2. The largest absolute Gasteiger partial charge is 0.490 e. The lowest BCUT2D eigenvalue weighted by Gasteiger charge is -2.24. The molecule has 32 heavy (non-hydrogen) atoms. The van der Waals surface area contributed by atoms with E-state index in [0.717, 1.165) is 86.0 Å². The highest BCUT2D eigenvalue weighted by atomic mass is 16.5. The van der Waals surface area contributed by atoms with Gasteiger partial charge in [-0.3, -0.25) is 0 Å². The van der Waals surface area contributed by atoms with Crippen molar-refractivity contribution in [3.8, 4) is 17.0 Å². The highest BCUT2D eigenvalue weighted by Crippen LogP contribution is 2.35. The summed E-state index contributed by atoms with van der Waals surface area (Å²) in [7, 11) is 0. The fourth-order valence-corrected chi connectivity index (χ4v) is 4.52. The van der Waals surface area contributed by atoms with Crippen LogP contribution in [0.2, 0.25) is 0 Å². The molecule has 0 saturated carbocycles. The lowest BCUT2D eigenvalue weighted by Crippen LogP contribution is -2.34. The number of hydrogen-bond acceptors (Lipinski definition) is 8. The second-order valence-corrected chi connectivity index (χ2v) is 8.51. The van der Waals surface area contributed by atoms with Gasteiger partial charge in [-0.1, -0.05) is 11.2 Å². The first-order valence-corrected chi connectivity index (χ1v) is 11.5. The predicted molar refractivity (Wildman–Crippen MR) is 123 cm³/mol. The molecule has 4 heterocycles. The van der Waals surface area contributed by atoms with Crippen molar-refractivity contribution in [2.45, 2.75) is 44.6 Å². The molecule has 2 aromatic heterocycles. The number of aryl methyl sites for hydroxylation is 1. The molecule has 0 unspecified atom stereocenters. The van der Waals surface area contributed by atoms with E-state index in [2.05, 4.69) is 26.1 Å². The number of hydrogen-bond donors (Lipinski definition) is 3. The van der Waals surface area contributed by atoms with E-state index in [9.17, 15) is 0 Å². The molecule has 8 nitrogen and oxygen atoms in total. The maximum absolute atomic E-state index is 6.17. The SMILES string of the molecule is Cc1onc(C2CCNCC2)c1-c1ccnc(Nc2cccc(OC3CCNCC3)c2)n1. The highest BCUT2D eigenvalue weighted by Gasteiger charge is 2.25. The van der Waals surface area contributed by atoms with E-state index in [4.69, 9.17) is 14.2 Å². The number of aromatic nitrogens is 3. The fourth-order valence-electron chi connectivity index (χ4n) is 4.52. The van der Waals surface area contributed by atoms with Crippen LogP contribution in [0.4, 0.5) is 11.6 Å². The zero-order chi connectivity index (χ0) is 21.8. The summed E-state index contributed by atoms with van der Waals surface area (Å²) in [6.45, 7) is 5.96. The third-order valence-corrected chi connectivity index (χ3v) is 6.21. The lowest BCUT2D eigenvalue weighted by molar-refractivity contribution is 0.162. The number of nitrogens with one attached hydrogen (secondary N) is 3. The predicted octanol–water partition coefficient (Wildman–Crippen LogP) is 3.78. The molecule has 0 bridgehead atoms. The van der Waals surface area contributed by atoms with Crippen LogP contribution < -0.4 is 20.7 Å². The van der Waals surface area contributed by atoms with Gasteiger partial charge in [-0.25, -0.2) is 9.97 Å². The van der Waals surface area contributed by atoms with Crippen molar-refractivity contribution in [3.63, 3.8) is 0 Å². The lowest BCUT2D eigenvalue weighted by atomic mass is 9.90. The summed E-state index contributed by atoms with van der Waals surface area (Å²) < 4.78 is 11.7. The Labute approximate surface area is 188 Å². The first-order chi connectivity index (χ1) is 15.8. The van der Waals surface area contributed by atoms with E-state index in [1.54, 1.807) is 6.20 Å². The Morgan fingerprint density at radius 2 is 1.81 bits per heavy atom. The summed E-state index contributed by atoms with van der Waals surface area (Å²) in [5.74, 6) is 2.58. The van der Waals surface area contributed by atoms with Crippen LogP contribution in [0.5, 0.6) is 5.75 Å². The monoisotopic (exact) mass is 434 g/mol. The third kappa shape index (κ3) is 4.76. The van der Waals surface area contributed by atoms with E-state index in [-0.39, 0.29) is 6.10 Å². The molecule has 2 aliphatic heterocycles. The Balaban J connectivity index is 1.34. The normalized spacial score (nSPS) is 17.9. The summed E-state index contributed by atoms with van der Waals surface area (Å²) in [5.41, 5.74) is 3.72. The topological polar surface area (TPSA) is 97.1 Å². The molecule has 3 aromatic rings. The van der Waals surface area contributed by atoms with Crippen LogP contribution in [-0.2, 0) is 0 Å². The second kappa shape index (κ2) is 9.67. The van der Waals surface area contributed by atoms with E-state index in [0.29, 0.717) is 11.9 Å². The van der Waals surface area contributed by atoms with Gasteiger partial charge in [0.25, 0.3) is 0 Å². The smallest absolute Gasteiger partial charge is 0.227 e. The van der Waals surface area contributed by atoms with Gasteiger partial charge in [0.1, 0.15) is 17.6 Å². The standard InChI is InChI=1S/C24H30N6O2/c1-16-22(23(30-32-16)17-5-10-25-11-6-17)21-9-14-27-24(29-21)28-18-3-2-4-20(15-18)31-19-7-12-26-13-8-19/h2-4,9,14-15,17,19,25-26H,5-8,10-13H2,1H3,(H,27,28,29). The quantitative estimate of drug-likeness (QED) is 0.539. The Morgan fingerprint density at radius 3 is 2.62 bits per heavy atom. The minimum Gasteiger partial charge on any atom is -0.490 e. The van der Waals surface area contributed by atoms with E-state index < -0.39 is 0 Å². The van der Waals surface area contributed by atoms with E-state index >= 15 is 0 Å². The molecule has 1 aromatic carbocycles. The number of nitrogens with zero attached hydrogens (tertiary/aromatic N) is 3. The average Bonchev–Trinajstić information content (AvgIpc) is 3.22. The molecule has 0 atom stereocenters. The van der Waals surface area contributed by atoms with Gasteiger partial charge in [0, 0.05) is 23.9 Å². The minimum atomic E-state index is 0.260. The number of anilines is 2. The van der Waals surface area contributed by atoms with Gasteiger partial charge in [0.05, 0.1) is 17.0 Å².